The lowest BCUT2D eigenvalue weighted by molar-refractivity contribution is 0.313. The van der Waals surface area contributed by atoms with Crippen LogP contribution in [-0.4, -0.2) is 56.6 Å². The maximum Gasteiger partial charge on any atom is 0.137 e. The van der Waals surface area contributed by atoms with Crippen molar-refractivity contribution in [3.63, 3.8) is 0 Å². The average Bonchev–Trinajstić information content (AvgIpc) is 3.17. The number of nitrogens with zero attached hydrogens (tertiary/aromatic N) is 4. The Bertz CT molecular complexity index is 959. The van der Waals surface area contributed by atoms with Crippen LogP contribution < -0.4 is 4.90 Å². The Morgan fingerprint density at radius 3 is 2.32 bits per heavy atom. The second-order valence-corrected chi connectivity index (χ2v) is 7.88. The van der Waals surface area contributed by atoms with Crippen molar-refractivity contribution in [2.24, 2.45) is 0 Å². The van der Waals surface area contributed by atoms with Crippen LogP contribution >= 0.6 is 12.6 Å². The normalized spacial score (nSPS) is 18.3. The fourth-order valence-electron chi connectivity index (χ4n) is 3.70. The van der Waals surface area contributed by atoms with Gasteiger partial charge in [0.1, 0.15) is 11.5 Å². The lowest BCUT2D eigenvalue weighted by Gasteiger charge is -2.34. The molecule has 0 radical (unpaired) electrons. The molecule has 1 fully saturated rings. The Morgan fingerprint density at radius 1 is 0.964 bits per heavy atom. The van der Waals surface area contributed by atoms with E-state index in [0.29, 0.717) is 17.9 Å². The standard InChI is InChI=1S/C22H24N4OS/c1-24-9-11-26(12-10-24)18-5-3-16(4-6-18)19-7-8-20(27-19)22-17(13-23)14-25(2)15-21(22)28/h3-8,15,28H,9-12,14H2,1-2H3. The van der Waals surface area contributed by atoms with Crippen molar-refractivity contribution in [2.75, 3.05) is 51.7 Å². The molecule has 0 spiro atoms. The zero-order valence-corrected chi connectivity index (χ0v) is 17.1. The predicted octanol–water partition coefficient (Wildman–Crippen LogP) is 3.69. The van der Waals surface area contributed by atoms with Gasteiger partial charge in [0.25, 0.3) is 0 Å². The van der Waals surface area contributed by atoms with Gasteiger partial charge in [-0.15, -0.1) is 12.6 Å². The van der Waals surface area contributed by atoms with Crippen molar-refractivity contribution in [3.8, 4) is 17.4 Å². The highest BCUT2D eigenvalue weighted by Gasteiger charge is 2.21. The van der Waals surface area contributed by atoms with Crippen LogP contribution in [0.15, 0.2) is 57.5 Å². The minimum atomic E-state index is 0.561. The highest BCUT2D eigenvalue weighted by molar-refractivity contribution is 7.85. The van der Waals surface area contributed by atoms with E-state index >= 15 is 0 Å². The molecule has 1 saturated heterocycles. The number of furan rings is 1. The Balaban J connectivity index is 1.56. The fourth-order valence-corrected chi connectivity index (χ4v) is 4.14. The summed E-state index contributed by atoms with van der Waals surface area (Å²) < 4.78 is 6.11. The molecular formula is C22H24N4OS. The number of piperazine rings is 1. The van der Waals surface area contributed by atoms with Gasteiger partial charge in [0.15, 0.2) is 0 Å². The molecule has 6 heteroatoms. The first-order valence-corrected chi connectivity index (χ1v) is 9.88. The number of hydrogen-bond donors (Lipinski definition) is 1. The largest absolute Gasteiger partial charge is 0.456 e. The molecule has 2 aliphatic rings. The van der Waals surface area contributed by atoms with Crippen molar-refractivity contribution >= 4 is 23.9 Å². The highest BCUT2D eigenvalue weighted by Crippen LogP contribution is 2.36. The van der Waals surface area contributed by atoms with Crippen LogP contribution in [0.4, 0.5) is 5.69 Å². The van der Waals surface area contributed by atoms with Gasteiger partial charge in [-0.2, -0.15) is 5.26 Å². The second kappa shape index (κ2) is 7.78. The molecular weight excluding hydrogens is 368 g/mol. The first-order valence-electron chi connectivity index (χ1n) is 9.44. The van der Waals surface area contributed by atoms with E-state index in [9.17, 15) is 5.26 Å². The molecule has 0 unspecified atom stereocenters. The average molecular weight is 393 g/mol. The maximum absolute atomic E-state index is 9.51. The summed E-state index contributed by atoms with van der Waals surface area (Å²) in [4.78, 5) is 7.46. The zero-order chi connectivity index (χ0) is 19.7. The summed E-state index contributed by atoms with van der Waals surface area (Å²) in [5, 5.41) is 9.51. The van der Waals surface area contributed by atoms with Crippen LogP contribution in [0.5, 0.6) is 0 Å². The number of rotatable bonds is 3. The Morgan fingerprint density at radius 2 is 1.64 bits per heavy atom. The van der Waals surface area contributed by atoms with Gasteiger partial charge in [-0.05, 0) is 43.4 Å². The molecule has 0 saturated carbocycles. The van der Waals surface area contributed by atoms with Gasteiger partial charge in [-0.3, -0.25) is 0 Å². The van der Waals surface area contributed by atoms with E-state index in [4.69, 9.17) is 4.42 Å². The van der Waals surface area contributed by atoms with Crippen LogP contribution in [0, 0.1) is 11.3 Å². The van der Waals surface area contributed by atoms with Gasteiger partial charge in [0.05, 0.1) is 18.2 Å². The van der Waals surface area contributed by atoms with E-state index in [1.165, 1.54) is 5.69 Å². The summed E-state index contributed by atoms with van der Waals surface area (Å²) in [6, 6.07) is 14.7. The summed E-state index contributed by atoms with van der Waals surface area (Å²) in [6.45, 7) is 4.85. The number of benzene rings is 1. The van der Waals surface area contributed by atoms with Crippen LogP contribution in [-0.2, 0) is 0 Å². The number of hydrogen-bond acceptors (Lipinski definition) is 6. The second-order valence-electron chi connectivity index (χ2n) is 7.40. The van der Waals surface area contributed by atoms with Crippen LogP contribution in [0.2, 0.25) is 0 Å². The summed E-state index contributed by atoms with van der Waals surface area (Å²) in [5.41, 5.74) is 3.72. The zero-order valence-electron chi connectivity index (χ0n) is 16.2. The van der Waals surface area contributed by atoms with Gasteiger partial charge in [0.2, 0.25) is 0 Å². The minimum absolute atomic E-state index is 0.561. The van der Waals surface area contributed by atoms with E-state index < -0.39 is 0 Å². The van der Waals surface area contributed by atoms with Crippen LogP contribution in [0.1, 0.15) is 5.76 Å². The monoisotopic (exact) mass is 392 g/mol. The van der Waals surface area contributed by atoms with Gasteiger partial charge in [-0.25, -0.2) is 0 Å². The quantitative estimate of drug-likeness (QED) is 0.807. The van der Waals surface area contributed by atoms with Gasteiger partial charge >= 0.3 is 0 Å². The number of anilines is 1. The van der Waals surface area contributed by atoms with Crippen molar-refractivity contribution in [3.05, 3.63) is 58.8 Å². The van der Waals surface area contributed by atoms with E-state index in [0.717, 1.165) is 48.0 Å². The summed E-state index contributed by atoms with van der Waals surface area (Å²) in [5.74, 6) is 1.48. The summed E-state index contributed by atoms with van der Waals surface area (Å²) in [6.07, 6.45) is 1.92. The molecule has 28 heavy (non-hydrogen) atoms. The maximum atomic E-state index is 9.51. The van der Waals surface area contributed by atoms with Gasteiger partial charge in [0, 0.05) is 61.2 Å². The van der Waals surface area contributed by atoms with Gasteiger partial charge in [-0.1, -0.05) is 0 Å². The molecule has 0 N–H and O–H groups in total. The van der Waals surface area contributed by atoms with Crippen molar-refractivity contribution in [2.45, 2.75) is 0 Å². The summed E-state index contributed by atoms with van der Waals surface area (Å²) in [7, 11) is 4.09. The lowest BCUT2D eigenvalue weighted by atomic mass is 10.0. The molecule has 1 aromatic heterocycles. The van der Waals surface area contributed by atoms with E-state index in [-0.39, 0.29) is 0 Å². The predicted molar refractivity (Wildman–Crippen MR) is 116 cm³/mol. The molecule has 1 aromatic carbocycles. The Hall–Kier alpha value is -2.62. The number of allylic oxidation sites excluding steroid dienone is 1. The van der Waals surface area contributed by atoms with E-state index in [1.54, 1.807) is 0 Å². The molecule has 0 amide bonds. The van der Waals surface area contributed by atoms with Crippen molar-refractivity contribution in [1.82, 2.24) is 9.80 Å². The number of likely N-dealkylation sites (N-methyl/N-ethyl adjacent to an activating group) is 2. The molecule has 144 valence electrons. The fraction of sp³-hybridized carbons (Fsp3) is 0.318. The van der Waals surface area contributed by atoms with E-state index in [1.807, 2.05) is 30.3 Å². The number of thiol groups is 1. The molecule has 3 heterocycles. The lowest BCUT2D eigenvalue weighted by Crippen LogP contribution is -2.44. The third-order valence-electron chi connectivity index (χ3n) is 5.32. The molecule has 0 atom stereocenters. The van der Waals surface area contributed by atoms with Crippen molar-refractivity contribution in [1.29, 1.82) is 5.26 Å². The van der Waals surface area contributed by atoms with Gasteiger partial charge < -0.3 is 19.1 Å². The Kier molecular flexibility index (Phi) is 5.21. The van der Waals surface area contributed by atoms with E-state index in [2.05, 4.69) is 59.8 Å². The minimum Gasteiger partial charge on any atom is -0.456 e. The first-order chi connectivity index (χ1) is 13.5. The summed E-state index contributed by atoms with van der Waals surface area (Å²) >= 11 is 4.56. The van der Waals surface area contributed by atoms with Crippen molar-refractivity contribution < 1.29 is 4.42 Å². The highest BCUT2D eigenvalue weighted by atomic mass is 32.1. The SMILES string of the molecule is CN1C=C(S)C(c2ccc(-c3ccc(N4CCN(C)CC4)cc3)o2)=C(C#N)C1. The Labute approximate surface area is 171 Å². The molecule has 2 aromatic rings. The smallest absolute Gasteiger partial charge is 0.137 e. The molecule has 0 aliphatic carbocycles. The third-order valence-corrected chi connectivity index (χ3v) is 5.65. The molecule has 0 bridgehead atoms. The van der Waals surface area contributed by atoms with Crippen LogP contribution in [0.25, 0.3) is 16.9 Å². The molecule has 5 nitrogen and oxygen atoms in total. The molecule has 2 aliphatic heterocycles. The topological polar surface area (TPSA) is 46.6 Å². The van der Waals surface area contributed by atoms with Crippen LogP contribution in [0.3, 0.4) is 0 Å². The number of nitriles is 1. The molecule has 4 rings (SSSR count). The first kappa shape index (κ1) is 18.7. The third kappa shape index (κ3) is 3.68.